The molecule has 1 aliphatic rings. The number of hydrogen-bond donors (Lipinski definition) is 1. The molecule has 0 aliphatic carbocycles. The standard InChI is InChI=1S/C31H31BrN2O7/c1-4-13-40-25-12-11-21(16-26(25)38-3)18-34-30(36)23(29(35)33-31(34)37)14-22-15-24(32)28(27(17-22)39-5-2)41-19-20-9-7-6-8-10-20/h6-12,14-17H,4-5,13,18-19H2,1-3H3,(H,33,35,37)/b23-14+. The number of methoxy groups -OCH3 is 1. The number of hydrogen-bond acceptors (Lipinski definition) is 7. The number of barbiturate groups is 1. The number of benzene rings is 3. The third kappa shape index (κ3) is 7.26. The number of imide groups is 2. The fourth-order valence-corrected chi connectivity index (χ4v) is 4.71. The summed E-state index contributed by atoms with van der Waals surface area (Å²) in [5.74, 6) is 0.483. The summed E-state index contributed by atoms with van der Waals surface area (Å²) in [6.07, 6.45) is 2.26. The molecule has 9 nitrogen and oxygen atoms in total. The van der Waals surface area contributed by atoms with E-state index in [-0.39, 0.29) is 12.1 Å². The van der Waals surface area contributed by atoms with Gasteiger partial charge < -0.3 is 18.9 Å². The molecule has 0 aromatic heterocycles. The van der Waals surface area contributed by atoms with E-state index >= 15 is 0 Å². The predicted molar refractivity (Wildman–Crippen MR) is 157 cm³/mol. The lowest BCUT2D eigenvalue weighted by Crippen LogP contribution is -2.53. The van der Waals surface area contributed by atoms with Crippen LogP contribution in [0.5, 0.6) is 23.0 Å². The molecule has 0 unspecified atom stereocenters. The van der Waals surface area contributed by atoms with Gasteiger partial charge in [0.15, 0.2) is 23.0 Å². The molecule has 0 radical (unpaired) electrons. The highest BCUT2D eigenvalue weighted by Gasteiger charge is 2.36. The Balaban J connectivity index is 1.59. The molecule has 214 valence electrons. The van der Waals surface area contributed by atoms with Crippen LogP contribution in [0.3, 0.4) is 0 Å². The fourth-order valence-electron chi connectivity index (χ4n) is 4.13. The Morgan fingerprint density at radius 1 is 0.878 bits per heavy atom. The Hall–Kier alpha value is -4.31. The molecule has 0 spiro atoms. The number of rotatable bonds is 12. The maximum Gasteiger partial charge on any atom is 0.331 e. The normalized spacial score (nSPS) is 14.2. The summed E-state index contributed by atoms with van der Waals surface area (Å²) >= 11 is 3.53. The van der Waals surface area contributed by atoms with Gasteiger partial charge in [0.05, 0.1) is 31.3 Å². The molecule has 0 saturated carbocycles. The van der Waals surface area contributed by atoms with Crippen molar-refractivity contribution in [1.29, 1.82) is 0 Å². The second kappa shape index (κ2) is 13.8. The number of amides is 4. The zero-order valence-corrected chi connectivity index (χ0v) is 24.7. The smallest absolute Gasteiger partial charge is 0.331 e. The number of nitrogens with zero attached hydrogens (tertiary/aromatic N) is 1. The average Bonchev–Trinajstić information content (AvgIpc) is 2.97. The summed E-state index contributed by atoms with van der Waals surface area (Å²) in [6.45, 7) is 5.01. The first-order valence-corrected chi connectivity index (χ1v) is 14.0. The van der Waals surface area contributed by atoms with E-state index in [0.717, 1.165) is 16.9 Å². The highest BCUT2D eigenvalue weighted by atomic mass is 79.9. The van der Waals surface area contributed by atoms with Crippen LogP contribution in [0, 0.1) is 0 Å². The van der Waals surface area contributed by atoms with Crippen LogP contribution < -0.4 is 24.3 Å². The van der Waals surface area contributed by atoms with E-state index in [4.69, 9.17) is 18.9 Å². The minimum absolute atomic E-state index is 0.0696. The highest BCUT2D eigenvalue weighted by Crippen LogP contribution is 2.38. The molecule has 4 amide bonds. The third-order valence-electron chi connectivity index (χ3n) is 6.08. The molecule has 0 atom stereocenters. The zero-order valence-electron chi connectivity index (χ0n) is 23.1. The first-order valence-electron chi connectivity index (χ1n) is 13.2. The Morgan fingerprint density at radius 2 is 1.66 bits per heavy atom. The van der Waals surface area contributed by atoms with E-state index in [9.17, 15) is 14.4 Å². The SMILES string of the molecule is CCCOc1ccc(CN2C(=O)NC(=O)/C(=C\c3cc(Br)c(OCc4ccccc4)c(OCC)c3)C2=O)cc1OC. The van der Waals surface area contributed by atoms with E-state index in [1.807, 2.05) is 44.2 Å². The lowest BCUT2D eigenvalue weighted by atomic mass is 10.1. The largest absolute Gasteiger partial charge is 0.493 e. The molecular weight excluding hydrogens is 592 g/mol. The third-order valence-corrected chi connectivity index (χ3v) is 6.67. The van der Waals surface area contributed by atoms with Crippen molar-refractivity contribution in [2.75, 3.05) is 20.3 Å². The highest BCUT2D eigenvalue weighted by molar-refractivity contribution is 9.10. The Kier molecular flexibility index (Phi) is 10.0. The quantitative estimate of drug-likeness (QED) is 0.198. The van der Waals surface area contributed by atoms with Gasteiger partial charge in [-0.2, -0.15) is 0 Å². The van der Waals surface area contributed by atoms with Gasteiger partial charge in [-0.3, -0.25) is 19.8 Å². The van der Waals surface area contributed by atoms with Crippen LogP contribution >= 0.6 is 15.9 Å². The molecule has 3 aromatic carbocycles. The van der Waals surface area contributed by atoms with Gasteiger partial charge in [-0.1, -0.05) is 43.3 Å². The van der Waals surface area contributed by atoms with Crippen molar-refractivity contribution in [3.05, 3.63) is 87.4 Å². The lowest BCUT2D eigenvalue weighted by molar-refractivity contribution is -0.130. The summed E-state index contributed by atoms with van der Waals surface area (Å²) in [7, 11) is 1.52. The Labute approximate surface area is 247 Å². The molecule has 1 N–H and O–H groups in total. The van der Waals surface area contributed by atoms with Crippen LogP contribution in [-0.2, 0) is 22.7 Å². The molecule has 4 rings (SSSR count). The predicted octanol–water partition coefficient (Wildman–Crippen LogP) is 5.89. The average molecular weight is 624 g/mol. The van der Waals surface area contributed by atoms with E-state index < -0.39 is 17.8 Å². The van der Waals surface area contributed by atoms with Crippen molar-refractivity contribution < 1.29 is 33.3 Å². The molecule has 1 fully saturated rings. The number of nitrogens with one attached hydrogen (secondary N) is 1. The minimum Gasteiger partial charge on any atom is -0.493 e. The lowest BCUT2D eigenvalue weighted by Gasteiger charge is -2.26. The van der Waals surface area contributed by atoms with E-state index in [1.165, 1.54) is 13.2 Å². The van der Waals surface area contributed by atoms with E-state index in [0.29, 0.717) is 58.4 Å². The summed E-state index contributed by atoms with van der Waals surface area (Å²) in [6, 6.07) is 17.5. The maximum absolute atomic E-state index is 13.4. The van der Waals surface area contributed by atoms with Gasteiger partial charge >= 0.3 is 6.03 Å². The van der Waals surface area contributed by atoms with Crippen LogP contribution in [0.15, 0.2) is 70.7 Å². The van der Waals surface area contributed by atoms with Crippen molar-refractivity contribution in [3.8, 4) is 23.0 Å². The van der Waals surface area contributed by atoms with Gasteiger partial charge in [0.1, 0.15) is 12.2 Å². The first kappa shape index (κ1) is 29.7. The van der Waals surface area contributed by atoms with Crippen molar-refractivity contribution >= 4 is 39.9 Å². The monoisotopic (exact) mass is 622 g/mol. The first-order chi connectivity index (χ1) is 19.8. The van der Waals surface area contributed by atoms with Gasteiger partial charge in [-0.15, -0.1) is 0 Å². The van der Waals surface area contributed by atoms with Crippen LogP contribution in [-0.4, -0.2) is 43.1 Å². The van der Waals surface area contributed by atoms with Gasteiger partial charge in [0, 0.05) is 0 Å². The molecular formula is C31H31BrN2O7. The number of ether oxygens (including phenoxy) is 4. The van der Waals surface area contributed by atoms with Crippen LogP contribution in [0.2, 0.25) is 0 Å². The second-order valence-corrected chi connectivity index (χ2v) is 9.93. The molecule has 1 heterocycles. The number of halogens is 1. The van der Waals surface area contributed by atoms with Gasteiger partial charge in [0.25, 0.3) is 11.8 Å². The molecule has 1 aliphatic heterocycles. The van der Waals surface area contributed by atoms with Crippen molar-refractivity contribution in [1.82, 2.24) is 10.2 Å². The number of carbonyl (C=O) groups is 3. The topological polar surface area (TPSA) is 103 Å². The van der Waals surface area contributed by atoms with Crippen LogP contribution in [0.1, 0.15) is 37.0 Å². The van der Waals surface area contributed by atoms with Gasteiger partial charge in [-0.05, 0) is 76.3 Å². The maximum atomic E-state index is 13.4. The van der Waals surface area contributed by atoms with Crippen molar-refractivity contribution in [2.45, 2.75) is 33.4 Å². The van der Waals surface area contributed by atoms with Crippen molar-refractivity contribution in [2.24, 2.45) is 0 Å². The molecule has 0 bridgehead atoms. The minimum atomic E-state index is -0.803. The summed E-state index contributed by atoms with van der Waals surface area (Å²) < 4.78 is 23.5. The summed E-state index contributed by atoms with van der Waals surface area (Å²) in [4.78, 5) is 39.8. The number of urea groups is 1. The molecule has 1 saturated heterocycles. The molecule has 3 aromatic rings. The van der Waals surface area contributed by atoms with Crippen LogP contribution in [0.4, 0.5) is 4.79 Å². The number of carbonyl (C=O) groups excluding carboxylic acids is 3. The van der Waals surface area contributed by atoms with Gasteiger partial charge in [0.2, 0.25) is 0 Å². The second-order valence-electron chi connectivity index (χ2n) is 9.08. The Morgan fingerprint density at radius 3 is 2.37 bits per heavy atom. The zero-order chi connectivity index (χ0) is 29.4. The summed E-state index contributed by atoms with van der Waals surface area (Å²) in [5, 5.41) is 2.26. The molecule has 10 heteroatoms. The van der Waals surface area contributed by atoms with Gasteiger partial charge in [-0.25, -0.2) is 4.79 Å². The fraction of sp³-hybridized carbons (Fsp3) is 0.258. The van der Waals surface area contributed by atoms with E-state index in [2.05, 4.69) is 21.2 Å². The summed E-state index contributed by atoms with van der Waals surface area (Å²) in [5.41, 5.74) is 1.94. The van der Waals surface area contributed by atoms with Crippen molar-refractivity contribution in [3.63, 3.8) is 0 Å². The molecule has 41 heavy (non-hydrogen) atoms. The van der Waals surface area contributed by atoms with E-state index in [1.54, 1.807) is 30.3 Å². The van der Waals surface area contributed by atoms with Crippen LogP contribution in [0.25, 0.3) is 6.08 Å². The Bertz CT molecular complexity index is 1460.